The van der Waals surface area contributed by atoms with Crippen molar-refractivity contribution in [3.05, 3.63) is 28.3 Å². The van der Waals surface area contributed by atoms with E-state index in [9.17, 15) is 10.1 Å². The summed E-state index contributed by atoms with van der Waals surface area (Å²) < 4.78 is 5.08. The minimum Gasteiger partial charge on any atom is -0.497 e. The first kappa shape index (κ1) is 13.2. The van der Waals surface area contributed by atoms with Crippen LogP contribution < -0.4 is 15.0 Å². The molecule has 1 aromatic rings. The molecule has 0 amide bonds. The van der Waals surface area contributed by atoms with Crippen LogP contribution in [0.25, 0.3) is 0 Å². The Morgan fingerprint density at radius 1 is 1.53 bits per heavy atom. The van der Waals surface area contributed by atoms with Gasteiger partial charge in [0.25, 0.3) is 5.69 Å². The number of nitrogens with one attached hydrogen (secondary N) is 1. The van der Waals surface area contributed by atoms with Gasteiger partial charge in [0.2, 0.25) is 0 Å². The monoisotopic (exact) mass is 239 g/mol. The van der Waals surface area contributed by atoms with Gasteiger partial charge in [-0.25, -0.2) is 0 Å². The van der Waals surface area contributed by atoms with E-state index in [1.54, 1.807) is 19.2 Å². The largest absolute Gasteiger partial charge is 0.497 e. The fourth-order valence-electron chi connectivity index (χ4n) is 1.49. The van der Waals surface area contributed by atoms with E-state index in [-0.39, 0.29) is 10.6 Å². The van der Waals surface area contributed by atoms with Gasteiger partial charge in [-0.3, -0.25) is 10.1 Å². The summed E-state index contributed by atoms with van der Waals surface area (Å²) in [6, 6.07) is 4.73. The van der Waals surface area contributed by atoms with Gasteiger partial charge in [-0.05, 0) is 13.1 Å². The molecule has 1 rings (SSSR count). The highest BCUT2D eigenvalue weighted by atomic mass is 16.6. The Kier molecular flexibility index (Phi) is 4.71. The summed E-state index contributed by atoms with van der Waals surface area (Å²) in [6.45, 7) is 1.44. The Morgan fingerprint density at radius 2 is 2.24 bits per heavy atom. The molecule has 1 N–H and O–H groups in total. The first-order valence-electron chi connectivity index (χ1n) is 5.28. The lowest BCUT2D eigenvalue weighted by Gasteiger charge is -2.19. The highest BCUT2D eigenvalue weighted by molar-refractivity contribution is 5.65. The van der Waals surface area contributed by atoms with Crippen molar-refractivity contribution in [1.29, 1.82) is 0 Å². The Labute approximate surface area is 100 Å². The van der Waals surface area contributed by atoms with Crippen molar-refractivity contribution in [2.45, 2.75) is 0 Å². The highest BCUT2D eigenvalue weighted by Gasteiger charge is 2.17. The summed E-state index contributed by atoms with van der Waals surface area (Å²) in [4.78, 5) is 12.4. The van der Waals surface area contributed by atoms with Gasteiger partial charge in [0.05, 0.1) is 12.0 Å². The number of nitro groups is 1. The first-order valence-corrected chi connectivity index (χ1v) is 5.28. The van der Waals surface area contributed by atoms with Crippen molar-refractivity contribution in [3.63, 3.8) is 0 Å². The van der Waals surface area contributed by atoms with Crippen molar-refractivity contribution in [2.75, 3.05) is 39.2 Å². The standard InChI is InChI=1S/C11H17N3O3/c1-12-6-7-13(2)11-8-9(17-3)4-5-10(11)14(15)16/h4-5,8,12H,6-7H2,1-3H3. The molecule has 17 heavy (non-hydrogen) atoms. The zero-order chi connectivity index (χ0) is 12.8. The second-order valence-corrected chi connectivity index (χ2v) is 3.64. The summed E-state index contributed by atoms with van der Waals surface area (Å²) in [5.74, 6) is 0.613. The quantitative estimate of drug-likeness (QED) is 0.598. The lowest BCUT2D eigenvalue weighted by atomic mass is 10.2. The van der Waals surface area contributed by atoms with E-state index in [1.165, 1.54) is 6.07 Å². The third kappa shape index (κ3) is 3.32. The zero-order valence-electron chi connectivity index (χ0n) is 10.3. The third-order valence-electron chi connectivity index (χ3n) is 2.49. The van der Waals surface area contributed by atoms with E-state index < -0.39 is 0 Å². The summed E-state index contributed by atoms with van der Waals surface area (Å²) in [5, 5.41) is 13.9. The molecule has 0 aliphatic rings. The highest BCUT2D eigenvalue weighted by Crippen LogP contribution is 2.31. The zero-order valence-corrected chi connectivity index (χ0v) is 10.3. The number of hydrogen-bond donors (Lipinski definition) is 1. The van der Waals surface area contributed by atoms with E-state index in [0.29, 0.717) is 18.0 Å². The molecule has 6 nitrogen and oxygen atoms in total. The molecule has 0 aliphatic carbocycles. The van der Waals surface area contributed by atoms with E-state index >= 15 is 0 Å². The second-order valence-electron chi connectivity index (χ2n) is 3.64. The maximum atomic E-state index is 10.9. The molecule has 0 atom stereocenters. The Hall–Kier alpha value is -1.82. The molecule has 0 spiro atoms. The van der Waals surface area contributed by atoms with Crippen LogP contribution in [0, 0.1) is 10.1 Å². The van der Waals surface area contributed by atoms with Crippen LogP contribution in [0.5, 0.6) is 5.75 Å². The van der Waals surface area contributed by atoms with Crippen LogP contribution in [0.2, 0.25) is 0 Å². The third-order valence-corrected chi connectivity index (χ3v) is 2.49. The van der Waals surface area contributed by atoms with Crippen LogP contribution in [0.15, 0.2) is 18.2 Å². The lowest BCUT2D eigenvalue weighted by molar-refractivity contribution is -0.384. The molecule has 94 valence electrons. The van der Waals surface area contributed by atoms with Crippen LogP contribution in [0.4, 0.5) is 11.4 Å². The van der Waals surface area contributed by atoms with Gasteiger partial charge >= 0.3 is 0 Å². The van der Waals surface area contributed by atoms with Gasteiger partial charge in [0.1, 0.15) is 11.4 Å². The molecule has 0 saturated heterocycles. The van der Waals surface area contributed by atoms with Crippen molar-refractivity contribution in [1.82, 2.24) is 5.32 Å². The lowest BCUT2D eigenvalue weighted by Crippen LogP contribution is -2.27. The SMILES string of the molecule is CNCCN(C)c1cc(OC)ccc1[N+](=O)[O-]. The maximum Gasteiger partial charge on any atom is 0.292 e. The molecule has 0 saturated carbocycles. The summed E-state index contributed by atoms with van der Waals surface area (Å²) in [5.41, 5.74) is 0.647. The van der Waals surface area contributed by atoms with E-state index in [4.69, 9.17) is 4.74 Å². The van der Waals surface area contributed by atoms with Gasteiger partial charge in [-0.1, -0.05) is 0 Å². The Balaban J connectivity index is 3.03. The molecule has 1 aromatic carbocycles. The van der Waals surface area contributed by atoms with E-state index in [0.717, 1.165) is 6.54 Å². The van der Waals surface area contributed by atoms with Crippen LogP contribution in [-0.4, -0.2) is 39.2 Å². The number of hydrogen-bond acceptors (Lipinski definition) is 5. The van der Waals surface area contributed by atoms with Crippen LogP contribution >= 0.6 is 0 Å². The smallest absolute Gasteiger partial charge is 0.292 e. The topological polar surface area (TPSA) is 67.6 Å². The van der Waals surface area contributed by atoms with Crippen molar-refractivity contribution in [3.8, 4) is 5.75 Å². The van der Waals surface area contributed by atoms with Gasteiger partial charge < -0.3 is 15.0 Å². The van der Waals surface area contributed by atoms with Crippen molar-refractivity contribution in [2.24, 2.45) is 0 Å². The number of benzene rings is 1. The summed E-state index contributed by atoms with van der Waals surface area (Å²) in [7, 11) is 5.20. The molecule has 0 radical (unpaired) electrons. The molecule has 6 heteroatoms. The maximum absolute atomic E-state index is 10.9. The molecule has 0 fully saturated rings. The molecule has 0 aromatic heterocycles. The van der Waals surface area contributed by atoms with Crippen molar-refractivity contribution >= 4 is 11.4 Å². The number of methoxy groups -OCH3 is 1. The van der Waals surface area contributed by atoms with Gasteiger partial charge in [0.15, 0.2) is 0 Å². The Bertz CT molecular complexity index is 396. The molecular weight excluding hydrogens is 222 g/mol. The Morgan fingerprint density at radius 3 is 2.76 bits per heavy atom. The number of ether oxygens (including phenoxy) is 1. The minimum atomic E-state index is -0.384. The molecule has 0 heterocycles. The van der Waals surface area contributed by atoms with E-state index in [1.807, 2.05) is 19.0 Å². The summed E-state index contributed by atoms with van der Waals surface area (Å²) >= 11 is 0. The predicted molar refractivity (Wildman–Crippen MR) is 66.8 cm³/mol. The van der Waals surface area contributed by atoms with Gasteiger partial charge in [-0.15, -0.1) is 0 Å². The van der Waals surface area contributed by atoms with Crippen LogP contribution in [0.1, 0.15) is 0 Å². The number of likely N-dealkylation sites (N-methyl/N-ethyl adjacent to an activating group) is 2. The van der Waals surface area contributed by atoms with E-state index in [2.05, 4.69) is 5.32 Å². The average molecular weight is 239 g/mol. The fraction of sp³-hybridized carbons (Fsp3) is 0.455. The normalized spacial score (nSPS) is 10.1. The number of nitro benzene ring substituents is 1. The molecule has 0 aliphatic heterocycles. The van der Waals surface area contributed by atoms with Crippen LogP contribution in [-0.2, 0) is 0 Å². The number of rotatable bonds is 6. The molecule has 0 unspecified atom stereocenters. The molecular formula is C11H17N3O3. The minimum absolute atomic E-state index is 0.0874. The summed E-state index contributed by atoms with van der Waals surface area (Å²) in [6.07, 6.45) is 0. The number of anilines is 1. The van der Waals surface area contributed by atoms with Crippen molar-refractivity contribution < 1.29 is 9.66 Å². The van der Waals surface area contributed by atoms with Gasteiger partial charge in [-0.2, -0.15) is 0 Å². The fourth-order valence-corrected chi connectivity index (χ4v) is 1.49. The first-order chi connectivity index (χ1) is 8.10. The average Bonchev–Trinajstić information content (AvgIpc) is 2.34. The predicted octanol–water partition coefficient (Wildman–Crippen LogP) is 1.26. The van der Waals surface area contributed by atoms with Crippen LogP contribution in [0.3, 0.4) is 0 Å². The second kappa shape index (κ2) is 6.05. The molecule has 0 bridgehead atoms. The van der Waals surface area contributed by atoms with Gasteiger partial charge in [0, 0.05) is 32.3 Å². The number of nitrogens with zero attached hydrogens (tertiary/aromatic N) is 2.